The maximum absolute atomic E-state index is 12.0. The lowest BCUT2D eigenvalue weighted by Crippen LogP contribution is -2.20. The van der Waals surface area contributed by atoms with Gasteiger partial charge in [-0.25, -0.2) is 5.43 Å². The Balaban J connectivity index is 1.38. The van der Waals surface area contributed by atoms with Gasteiger partial charge < -0.3 is 10.1 Å². The number of anilines is 1. The highest BCUT2D eigenvalue weighted by atomic mass is 79.9. The van der Waals surface area contributed by atoms with E-state index in [2.05, 4.69) is 31.8 Å². The molecule has 6 nitrogen and oxygen atoms in total. The molecule has 0 bridgehead atoms. The Morgan fingerprint density at radius 3 is 2.29 bits per heavy atom. The second kappa shape index (κ2) is 11.7. The van der Waals surface area contributed by atoms with Crippen molar-refractivity contribution in [3.63, 3.8) is 0 Å². The maximum Gasteiger partial charge on any atom is 0.240 e. The van der Waals surface area contributed by atoms with Crippen molar-refractivity contribution in [2.24, 2.45) is 5.10 Å². The minimum atomic E-state index is -0.332. The summed E-state index contributed by atoms with van der Waals surface area (Å²) in [6.07, 6.45) is 1.65. The van der Waals surface area contributed by atoms with E-state index in [9.17, 15) is 9.59 Å². The molecule has 158 valence electrons. The second-order valence-electron chi connectivity index (χ2n) is 6.66. The van der Waals surface area contributed by atoms with Crippen LogP contribution in [0.2, 0.25) is 0 Å². The predicted octanol–water partition coefficient (Wildman–Crippen LogP) is 4.90. The highest BCUT2D eigenvalue weighted by Crippen LogP contribution is 2.21. The first-order valence-corrected chi connectivity index (χ1v) is 10.5. The average Bonchev–Trinajstić information content (AvgIpc) is 2.79. The van der Waals surface area contributed by atoms with Crippen LogP contribution in [0.3, 0.4) is 0 Å². The molecular weight excluding hydrogens is 458 g/mol. The molecule has 3 rings (SSSR count). The van der Waals surface area contributed by atoms with E-state index in [0.29, 0.717) is 12.3 Å². The minimum Gasteiger partial charge on any atom is -0.489 e. The molecule has 0 saturated heterocycles. The lowest BCUT2D eigenvalue weighted by molar-refractivity contribution is -0.124. The molecule has 0 aliphatic rings. The van der Waals surface area contributed by atoms with E-state index < -0.39 is 0 Å². The van der Waals surface area contributed by atoms with Gasteiger partial charge in [-0.1, -0.05) is 42.5 Å². The van der Waals surface area contributed by atoms with E-state index in [-0.39, 0.29) is 24.7 Å². The number of para-hydroxylation sites is 1. The van der Waals surface area contributed by atoms with E-state index in [0.717, 1.165) is 21.3 Å². The molecule has 7 heteroatoms. The van der Waals surface area contributed by atoms with Crippen LogP contribution < -0.4 is 15.5 Å². The number of carbonyl (C=O) groups excluding carboxylic acids is 2. The van der Waals surface area contributed by atoms with Gasteiger partial charge in [0, 0.05) is 17.3 Å². The molecule has 0 unspecified atom stereocenters. The molecular formula is C24H22BrN3O3. The fourth-order valence-electron chi connectivity index (χ4n) is 2.63. The van der Waals surface area contributed by atoms with Crippen LogP contribution in [-0.4, -0.2) is 18.0 Å². The van der Waals surface area contributed by atoms with E-state index in [4.69, 9.17) is 4.74 Å². The average molecular weight is 480 g/mol. The van der Waals surface area contributed by atoms with Crippen molar-refractivity contribution < 1.29 is 14.3 Å². The van der Waals surface area contributed by atoms with Gasteiger partial charge in [-0.3, -0.25) is 9.59 Å². The van der Waals surface area contributed by atoms with Crippen LogP contribution in [0, 0.1) is 0 Å². The third-order valence-electron chi connectivity index (χ3n) is 4.26. The van der Waals surface area contributed by atoms with Crippen molar-refractivity contribution >= 4 is 39.6 Å². The summed E-state index contributed by atoms with van der Waals surface area (Å²) in [4.78, 5) is 23.9. The Kier molecular flexibility index (Phi) is 8.37. The molecule has 0 saturated carbocycles. The summed E-state index contributed by atoms with van der Waals surface area (Å²) in [5.41, 5.74) is 5.02. The topological polar surface area (TPSA) is 79.8 Å². The number of nitrogens with zero attached hydrogens (tertiary/aromatic N) is 1. The molecule has 2 N–H and O–H groups in total. The van der Waals surface area contributed by atoms with Crippen molar-refractivity contribution in [1.29, 1.82) is 0 Å². The van der Waals surface area contributed by atoms with Gasteiger partial charge in [0.05, 0.1) is 11.9 Å². The van der Waals surface area contributed by atoms with Crippen molar-refractivity contribution in [2.45, 2.75) is 19.4 Å². The molecule has 0 heterocycles. The summed E-state index contributed by atoms with van der Waals surface area (Å²) in [5.74, 6) is 0.180. The van der Waals surface area contributed by atoms with Gasteiger partial charge in [-0.2, -0.15) is 5.10 Å². The van der Waals surface area contributed by atoms with Gasteiger partial charge in [-0.05, 0) is 63.5 Å². The number of hydrogen-bond donors (Lipinski definition) is 2. The normalized spacial score (nSPS) is 10.6. The van der Waals surface area contributed by atoms with Crippen LogP contribution in [0.4, 0.5) is 5.69 Å². The zero-order valence-electron chi connectivity index (χ0n) is 16.8. The Morgan fingerprint density at radius 2 is 1.55 bits per heavy atom. The fraction of sp³-hybridized carbons (Fsp3) is 0.125. The summed E-state index contributed by atoms with van der Waals surface area (Å²) in [6.45, 7) is 0.499. The molecule has 0 spiro atoms. The zero-order chi connectivity index (χ0) is 21.9. The quantitative estimate of drug-likeness (QED) is 0.338. The second-order valence-corrected chi connectivity index (χ2v) is 7.52. The van der Waals surface area contributed by atoms with E-state index in [1.807, 2.05) is 72.8 Å². The van der Waals surface area contributed by atoms with Crippen LogP contribution in [0.5, 0.6) is 5.75 Å². The first-order valence-electron chi connectivity index (χ1n) is 9.73. The Labute approximate surface area is 189 Å². The van der Waals surface area contributed by atoms with Gasteiger partial charge in [0.2, 0.25) is 11.8 Å². The first-order chi connectivity index (χ1) is 15.1. The maximum atomic E-state index is 12.0. The Hall–Kier alpha value is -3.45. The van der Waals surface area contributed by atoms with E-state index >= 15 is 0 Å². The molecule has 3 aromatic rings. The van der Waals surface area contributed by atoms with Crippen molar-refractivity contribution in [1.82, 2.24) is 5.43 Å². The summed E-state index contributed by atoms with van der Waals surface area (Å²) >= 11 is 3.36. The van der Waals surface area contributed by atoms with Crippen LogP contribution in [0.25, 0.3) is 0 Å². The number of halogens is 1. The fourth-order valence-corrected chi connectivity index (χ4v) is 3.01. The number of hydrazone groups is 1. The van der Waals surface area contributed by atoms with Crippen LogP contribution >= 0.6 is 15.9 Å². The number of amides is 2. The van der Waals surface area contributed by atoms with E-state index in [1.54, 1.807) is 12.3 Å². The third-order valence-corrected chi connectivity index (χ3v) is 4.95. The largest absolute Gasteiger partial charge is 0.489 e. The Bertz CT molecular complexity index is 1040. The number of ether oxygens (including phenoxy) is 1. The molecule has 2 amide bonds. The monoisotopic (exact) mass is 479 g/mol. The molecule has 0 aliphatic heterocycles. The van der Waals surface area contributed by atoms with Crippen LogP contribution in [-0.2, 0) is 16.2 Å². The smallest absolute Gasteiger partial charge is 0.240 e. The summed E-state index contributed by atoms with van der Waals surface area (Å²) in [6, 6.07) is 24.6. The highest BCUT2D eigenvalue weighted by Gasteiger charge is 2.08. The number of rotatable bonds is 9. The summed E-state index contributed by atoms with van der Waals surface area (Å²) < 4.78 is 6.52. The van der Waals surface area contributed by atoms with Gasteiger partial charge >= 0.3 is 0 Å². The third kappa shape index (κ3) is 7.71. The van der Waals surface area contributed by atoms with Crippen LogP contribution in [0.1, 0.15) is 24.0 Å². The van der Waals surface area contributed by atoms with Gasteiger partial charge in [-0.15, -0.1) is 0 Å². The standard InChI is InChI=1S/C24H22BrN3O3/c25-21-8-4-5-9-22(21)27-23(29)14-15-24(30)28-26-16-18-10-12-20(13-11-18)31-17-19-6-2-1-3-7-19/h1-13,16H,14-15,17H2,(H,27,29)(H,28,30). The summed E-state index contributed by atoms with van der Waals surface area (Å²) in [5, 5.41) is 6.69. The number of nitrogens with one attached hydrogen (secondary N) is 2. The van der Waals surface area contributed by atoms with E-state index in [1.165, 1.54) is 0 Å². The molecule has 0 fully saturated rings. The predicted molar refractivity (Wildman–Crippen MR) is 125 cm³/mol. The number of carbonyl (C=O) groups is 2. The van der Waals surface area contributed by atoms with Crippen molar-refractivity contribution in [2.75, 3.05) is 5.32 Å². The molecule has 0 radical (unpaired) electrons. The highest BCUT2D eigenvalue weighted by molar-refractivity contribution is 9.10. The first kappa shape index (κ1) is 22.2. The molecule has 0 aromatic heterocycles. The van der Waals surface area contributed by atoms with Crippen LogP contribution in [0.15, 0.2) is 88.4 Å². The molecule has 3 aromatic carbocycles. The van der Waals surface area contributed by atoms with Crippen molar-refractivity contribution in [3.8, 4) is 5.75 Å². The Morgan fingerprint density at radius 1 is 0.871 bits per heavy atom. The lowest BCUT2D eigenvalue weighted by atomic mass is 10.2. The van der Waals surface area contributed by atoms with Crippen molar-refractivity contribution in [3.05, 3.63) is 94.5 Å². The zero-order valence-corrected chi connectivity index (χ0v) is 18.3. The number of benzene rings is 3. The summed E-state index contributed by atoms with van der Waals surface area (Å²) in [7, 11) is 0. The lowest BCUT2D eigenvalue weighted by Gasteiger charge is -2.07. The number of hydrogen-bond acceptors (Lipinski definition) is 4. The van der Waals surface area contributed by atoms with Gasteiger partial charge in [0.1, 0.15) is 12.4 Å². The molecule has 31 heavy (non-hydrogen) atoms. The SMILES string of the molecule is O=C(CCC(=O)Nc1ccccc1Br)NN=Cc1ccc(OCc2ccccc2)cc1. The molecule has 0 atom stereocenters. The molecule has 0 aliphatic carbocycles. The van der Waals surface area contributed by atoms with Gasteiger partial charge in [0.15, 0.2) is 0 Å². The van der Waals surface area contributed by atoms with Gasteiger partial charge in [0.25, 0.3) is 0 Å². The minimum absolute atomic E-state index is 0.0416.